The molecule has 4 nitrogen and oxygen atoms in total. The first kappa shape index (κ1) is 19.6. The molecule has 0 aliphatic heterocycles. The fourth-order valence-corrected chi connectivity index (χ4v) is 3.15. The smallest absolute Gasteiger partial charge is 0.253 e. The van der Waals surface area contributed by atoms with Crippen molar-refractivity contribution in [1.82, 2.24) is 5.32 Å². The quantitative estimate of drug-likeness (QED) is 0.624. The highest BCUT2D eigenvalue weighted by Gasteiger charge is 2.13. The first-order valence-corrected chi connectivity index (χ1v) is 9.68. The number of carbonyl (C=O) groups is 2. The number of aryl methyl sites for hydroxylation is 1. The molecule has 0 spiro atoms. The van der Waals surface area contributed by atoms with Gasteiger partial charge in [-0.15, -0.1) is 0 Å². The second-order valence-corrected chi connectivity index (χ2v) is 7.34. The van der Waals surface area contributed by atoms with E-state index in [-0.39, 0.29) is 11.8 Å². The number of carbonyl (C=O) groups excluding carboxylic acids is 2. The Labute approximate surface area is 166 Å². The Hall–Kier alpha value is -3.14. The molecule has 0 aliphatic rings. The zero-order valence-corrected chi connectivity index (χ0v) is 16.4. The molecule has 0 saturated heterocycles. The maximum atomic E-state index is 12.5. The second-order valence-electron chi connectivity index (χ2n) is 7.34. The molecule has 0 atom stereocenters. The largest absolute Gasteiger partial charge is 0.352 e. The van der Waals surface area contributed by atoms with Gasteiger partial charge in [-0.1, -0.05) is 68.4 Å². The standard InChI is InChI=1S/C24H26N2O2/c1-17(2)16-25-24(28)21-12-5-6-13-22(21)26-23(27)15-14-19-10-7-9-18-8-3-4-11-20(18)19/h3-13,17H,14-16H2,1-2H3,(H,25,28)(H,26,27). The lowest BCUT2D eigenvalue weighted by atomic mass is 10.0. The Morgan fingerprint density at radius 2 is 1.61 bits per heavy atom. The van der Waals surface area contributed by atoms with E-state index < -0.39 is 0 Å². The maximum absolute atomic E-state index is 12.5. The van der Waals surface area contributed by atoms with Crippen LogP contribution in [-0.2, 0) is 11.2 Å². The second kappa shape index (κ2) is 9.18. The van der Waals surface area contributed by atoms with Crippen LogP contribution >= 0.6 is 0 Å². The maximum Gasteiger partial charge on any atom is 0.253 e. The minimum Gasteiger partial charge on any atom is -0.352 e. The summed E-state index contributed by atoms with van der Waals surface area (Å²) in [6.07, 6.45) is 1.00. The van der Waals surface area contributed by atoms with Gasteiger partial charge in [-0.3, -0.25) is 9.59 Å². The predicted molar refractivity (Wildman–Crippen MR) is 115 cm³/mol. The van der Waals surface area contributed by atoms with Crippen molar-refractivity contribution in [3.05, 3.63) is 77.9 Å². The minimum atomic E-state index is -0.168. The number of anilines is 1. The lowest BCUT2D eigenvalue weighted by molar-refractivity contribution is -0.116. The Kier molecular flexibility index (Phi) is 6.43. The summed E-state index contributed by atoms with van der Waals surface area (Å²) in [6, 6.07) is 21.4. The average molecular weight is 374 g/mol. The monoisotopic (exact) mass is 374 g/mol. The van der Waals surface area contributed by atoms with Crippen LogP contribution < -0.4 is 10.6 Å². The molecule has 2 amide bonds. The first-order valence-electron chi connectivity index (χ1n) is 9.68. The highest BCUT2D eigenvalue weighted by atomic mass is 16.2. The number of nitrogens with one attached hydrogen (secondary N) is 2. The van der Waals surface area contributed by atoms with E-state index in [2.05, 4.69) is 34.9 Å². The molecule has 4 heteroatoms. The van der Waals surface area contributed by atoms with Gasteiger partial charge >= 0.3 is 0 Å². The van der Waals surface area contributed by atoms with Crippen molar-refractivity contribution in [2.75, 3.05) is 11.9 Å². The number of hydrogen-bond acceptors (Lipinski definition) is 2. The highest BCUT2D eigenvalue weighted by molar-refractivity contribution is 6.03. The van der Waals surface area contributed by atoms with Gasteiger partial charge in [0.25, 0.3) is 5.91 Å². The van der Waals surface area contributed by atoms with Gasteiger partial charge in [-0.25, -0.2) is 0 Å². The third-order valence-corrected chi connectivity index (χ3v) is 4.62. The van der Waals surface area contributed by atoms with Gasteiger partial charge in [-0.05, 0) is 40.8 Å². The Balaban J connectivity index is 1.66. The molecule has 0 radical (unpaired) electrons. The topological polar surface area (TPSA) is 58.2 Å². The van der Waals surface area contributed by atoms with Gasteiger partial charge in [0.1, 0.15) is 0 Å². The molecule has 0 unspecified atom stereocenters. The van der Waals surface area contributed by atoms with Crippen LogP contribution in [0.2, 0.25) is 0 Å². The zero-order chi connectivity index (χ0) is 19.9. The van der Waals surface area contributed by atoms with Gasteiger partial charge in [0.2, 0.25) is 5.91 Å². The summed E-state index contributed by atoms with van der Waals surface area (Å²) in [5.74, 6) is 0.0992. The number of benzene rings is 3. The van der Waals surface area contributed by atoms with Crippen LogP contribution in [0.25, 0.3) is 10.8 Å². The molecular formula is C24H26N2O2. The predicted octanol–water partition coefficient (Wildman–Crippen LogP) is 4.80. The molecule has 144 valence electrons. The van der Waals surface area contributed by atoms with E-state index in [9.17, 15) is 9.59 Å². The van der Waals surface area contributed by atoms with Gasteiger partial charge < -0.3 is 10.6 Å². The average Bonchev–Trinajstić information content (AvgIpc) is 2.71. The summed E-state index contributed by atoms with van der Waals surface area (Å²) in [5.41, 5.74) is 2.18. The summed E-state index contributed by atoms with van der Waals surface area (Å²) < 4.78 is 0. The van der Waals surface area contributed by atoms with Crippen LogP contribution in [0.3, 0.4) is 0 Å². The fourth-order valence-electron chi connectivity index (χ4n) is 3.15. The fraction of sp³-hybridized carbons (Fsp3) is 0.250. The van der Waals surface area contributed by atoms with E-state index in [4.69, 9.17) is 0 Å². The number of hydrogen-bond donors (Lipinski definition) is 2. The van der Waals surface area contributed by atoms with Crippen molar-refractivity contribution in [2.45, 2.75) is 26.7 Å². The highest BCUT2D eigenvalue weighted by Crippen LogP contribution is 2.20. The number of para-hydroxylation sites is 1. The Morgan fingerprint density at radius 3 is 2.43 bits per heavy atom. The van der Waals surface area contributed by atoms with E-state index in [1.165, 1.54) is 10.8 Å². The number of fused-ring (bicyclic) bond motifs is 1. The van der Waals surface area contributed by atoms with Crippen LogP contribution in [0, 0.1) is 5.92 Å². The molecule has 3 aromatic carbocycles. The van der Waals surface area contributed by atoms with Crippen molar-refractivity contribution in [3.8, 4) is 0 Å². The SMILES string of the molecule is CC(C)CNC(=O)c1ccccc1NC(=O)CCc1cccc2ccccc12. The molecule has 3 aromatic rings. The molecule has 0 fully saturated rings. The lowest BCUT2D eigenvalue weighted by Crippen LogP contribution is -2.28. The zero-order valence-electron chi connectivity index (χ0n) is 16.4. The summed E-state index contributed by atoms with van der Waals surface area (Å²) >= 11 is 0. The van der Waals surface area contributed by atoms with Crippen LogP contribution in [0.1, 0.15) is 36.2 Å². The molecule has 0 aromatic heterocycles. The van der Waals surface area contributed by atoms with Crippen molar-refractivity contribution < 1.29 is 9.59 Å². The summed E-state index contributed by atoms with van der Waals surface area (Å²) in [7, 11) is 0. The van der Waals surface area contributed by atoms with E-state index in [1.807, 2.05) is 38.1 Å². The van der Waals surface area contributed by atoms with Crippen molar-refractivity contribution in [3.63, 3.8) is 0 Å². The molecule has 28 heavy (non-hydrogen) atoms. The van der Waals surface area contributed by atoms with Crippen LogP contribution in [0.4, 0.5) is 5.69 Å². The van der Waals surface area contributed by atoms with Gasteiger partial charge in [0, 0.05) is 13.0 Å². The van der Waals surface area contributed by atoms with E-state index >= 15 is 0 Å². The van der Waals surface area contributed by atoms with Crippen LogP contribution in [0.5, 0.6) is 0 Å². The van der Waals surface area contributed by atoms with Gasteiger partial charge in [0.05, 0.1) is 11.3 Å². The minimum absolute atomic E-state index is 0.1000. The third-order valence-electron chi connectivity index (χ3n) is 4.62. The van der Waals surface area contributed by atoms with Gasteiger partial charge in [0.15, 0.2) is 0 Å². The molecule has 0 heterocycles. The summed E-state index contributed by atoms with van der Waals surface area (Å²) in [6.45, 7) is 4.69. The van der Waals surface area contributed by atoms with Crippen molar-refractivity contribution >= 4 is 28.3 Å². The first-order chi connectivity index (χ1) is 13.5. The van der Waals surface area contributed by atoms with E-state index in [1.54, 1.807) is 18.2 Å². The van der Waals surface area contributed by atoms with Crippen LogP contribution in [-0.4, -0.2) is 18.4 Å². The normalized spacial score (nSPS) is 10.8. The molecule has 0 bridgehead atoms. The Bertz CT molecular complexity index is 974. The molecule has 0 aliphatic carbocycles. The summed E-state index contributed by atoms with van der Waals surface area (Å²) in [4.78, 5) is 24.9. The van der Waals surface area contributed by atoms with E-state index in [0.717, 1.165) is 5.56 Å². The Morgan fingerprint density at radius 1 is 0.893 bits per heavy atom. The lowest BCUT2D eigenvalue weighted by Gasteiger charge is -2.13. The number of amides is 2. The molecule has 3 rings (SSSR count). The van der Waals surface area contributed by atoms with E-state index in [0.29, 0.717) is 36.6 Å². The molecular weight excluding hydrogens is 348 g/mol. The molecule has 2 N–H and O–H groups in total. The van der Waals surface area contributed by atoms with Crippen molar-refractivity contribution in [2.24, 2.45) is 5.92 Å². The summed E-state index contributed by atoms with van der Waals surface area (Å²) in [5, 5.41) is 8.14. The third kappa shape index (κ3) is 4.97. The molecule has 0 saturated carbocycles. The van der Waals surface area contributed by atoms with Gasteiger partial charge in [-0.2, -0.15) is 0 Å². The van der Waals surface area contributed by atoms with Crippen LogP contribution in [0.15, 0.2) is 66.7 Å². The number of rotatable bonds is 7. The van der Waals surface area contributed by atoms with Crippen molar-refractivity contribution in [1.29, 1.82) is 0 Å².